The third-order valence-electron chi connectivity index (χ3n) is 15.5. The highest BCUT2D eigenvalue weighted by Gasteiger charge is 2.36. The minimum Gasteiger partial charge on any atom is -0.308 e. The maximum Gasteiger partial charge on any atom is 0.155 e. The highest BCUT2D eigenvalue weighted by atomic mass is 19.1. The average Bonchev–Trinajstić information content (AvgIpc) is 3.54. The largest absolute Gasteiger partial charge is 0.308 e. The first-order chi connectivity index (χ1) is 37.2. The summed E-state index contributed by atoms with van der Waals surface area (Å²) in [5.74, 6) is -0.590. The molecule has 0 amide bonds. The van der Waals surface area contributed by atoms with Crippen LogP contribution in [0, 0.1) is 18.6 Å². The Morgan fingerprint density at radius 2 is 0.750 bits per heavy atom. The monoisotopic (exact) mass is 982 g/mol. The Morgan fingerprint density at radius 3 is 1.24 bits per heavy atom. The van der Waals surface area contributed by atoms with Gasteiger partial charge in [-0.3, -0.25) is 0 Å². The van der Waals surface area contributed by atoms with Crippen molar-refractivity contribution >= 4 is 55.7 Å². The van der Waals surface area contributed by atoms with Gasteiger partial charge in [0.25, 0.3) is 0 Å². The Kier molecular flexibility index (Phi) is 11.5. The van der Waals surface area contributed by atoms with E-state index in [1.165, 1.54) is 16.5 Å². The molecule has 12 aromatic rings. The summed E-state index contributed by atoms with van der Waals surface area (Å²) in [6, 6.07) is 88.2. The quantitative estimate of drug-likeness (QED) is 0.126. The molecule has 0 N–H and O–H groups in total. The number of anilines is 6. The van der Waals surface area contributed by atoms with E-state index in [-0.39, 0.29) is 11.6 Å². The Hall–Kier alpha value is -9.38. The molecule has 0 atom stereocenters. The van der Waals surface area contributed by atoms with Gasteiger partial charge in [0.1, 0.15) is 0 Å². The van der Waals surface area contributed by atoms with E-state index in [0.29, 0.717) is 22.5 Å². The lowest BCUT2D eigenvalue weighted by Gasteiger charge is -2.38. The first-order valence-electron chi connectivity index (χ1n) is 26.0. The average molecular weight is 983 g/mol. The van der Waals surface area contributed by atoms with Gasteiger partial charge in [-0.2, -0.15) is 0 Å². The predicted molar refractivity (Wildman–Crippen MR) is 315 cm³/mol. The molecule has 13 rings (SSSR count). The zero-order valence-corrected chi connectivity index (χ0v) is 42.5. The van der Waals surface area contributed by atoms with E-state index in [2.05, 4.69) is 122 Å². The van der Waals surface area contributed by atoms with Crippen LogP contribution >= 0.6 is 0 Å². The second kappa shape index (κ2) is 18.8. The van der Waals surface area contributed by atoms with Crippen LogP contribution < -0.4 is 9.80 Å². The molecule has 0 spiro atoms. The molecule has 0 heterocycles. The Morgan fingerprint density at radius 1 is 0.316 bits per heavy atom. The molecule has 0 unspecified atom stereocenters. The molecule has 0 aliphatic heterocycles. The van der Waals surface area contributed by atoms with Crippen molar-refractivity contribution in [2.75, 3.05) is 9.80 Å². The fourth-order valence-electron chi connectivity index (χ4n) is 11.8. The molecule has 1 aliphatic carbocycles. The number of hydrogen-bond acceptors (Lipinski definition) is 2. The van der Waals surface area contributed by atoms with Crippen LogP contribution in [-0.2, 0) is 5.41 Å². The van der Waals surface area contributed by atoms with Crippen LogP contribution in [0.2, 0.25) is 0 Å². The summed E-state index contributed by atoms with van der Waals surface area (Å²) >= 11 is 0. The fourth-order valence-corrected chi connectivity index (χ4v) is 11.8. The molecule has 0 fully saturated rings. The van der Waals surface area contributed by atoms with Crippen LogP contribution in [0.4, 0.5) is 42.9 Å². The number of nitrogens with zero attached hydrogens (tertiary/aromatic N) is 2. The number of hydrogen-bond donors (Lipinski definition) is 0. The molecule has 12 aromatic carbocycles. The zero-order valence-electron chi connectivity index (χ0n) is 42.5. The summed E-state index contributed by atoms with van der Waals surface area (Å²) in [6.45, 7) is 6.86. The van der Waals surface area contributed by atoms with Gasteiger partial charge in [0, 0.05) is 39.3 Å². The van der Waals surface area contributed by atoms with Crippen molar-refractivity contribution in [3.05, 3.63) is 289 Å². The molecule has 4 heteroatoms. The smallest absolute Gasteiger partial charge is 0.155 e. The maximum absolute atomic E-state index is 17.7. The van der Waals surface area contributed by atoms with E-state index >= 15 is 8.78 Å². The van der Waals surface area contributed by atoms with E-state index in [1.54, 1.807) is 0 Å². The number of para-hydroxylation sites is 2. The molecule has 0 radical (unpaired) electrons. The molecule has 1 aliphatic rings. The standard InChI is InChI=1S/C72H52F2N2/c1-47-58-39-37-56(75(54-31-18-8-19-32-54)66-43-52(48-23-10-4-11-24-48)41-61(70(66)73)50-27-14-6-15-28-50)45-63(58)59-35-22-36-64-69(59)68(47)60-40-38-57(46-65(60)72(64,2)3)76(55-33-20-9-21-34-55)67-44-53(49-25-12-5-13-26-49)42-62(71(67)74)51-29-16-7-17-30-51/h4-46H,1-3H3. The predicted octanol–water partition coefficient (Wildman–Crippen LogP) is 20.5. The lowest BCUT2D eigenvalue weighted by molar-refractivity contribution is 0.632. The summed E-state index contributed by atoms with van der Waals surface area (Å²) < 4.78 is 35.4. The molecule has 0 saturated heterocycles. The molecule has 364 valence electrons. The number of halogens is 2. The molecule has 0 saturated carbocycles. The van der Waals surface area contributed by atoms with Crippen LogP contribution in [0.3, 0.4) is 0 Å². The summed E-state index contributed by atoms with van der Waals surface area (Å²) in [7, 11) is 0. The van der Waals surface area contributed by atoms with E-state index in [9.17, 15) is 0 Å². The summed E-state index contributed by atoms with van der Waals surface area (Å²) in [4.78, 5) is 4.15. The van der Waals surface area contributed by atoms with Crippen molar-refractivity contribution in [1.82, 2.24) is 0 Å². The van der Waals surface area contributed by atoms with Gasteiger partial charge in [0.15, 0.2) is 11.6 Å². The van der Waals surface area contributed by atoms with Crippen LogP contribution in [0.25, 0.3) is 77.2 Å². The first kappa shape index (κ1) is 46.4. The first-order valence-corrected chi connectivity index (χ1v) is 26.0. The third-order valence-corrected chi connectivity index (χ3v) is 15.5. The summed E-state index contributed by atoms with van der Waals surface area (Å²) in [5, 5.41) is 4.55. The number of benzene rings is 12. The minimum absolute atomic E-state index is 0.294. The highest BCUT2D eigenvalue weighted by Crippen LogP contribution is 2.55. The van der Waals surface area contributed by atoms with Gasteiger partial charge in [0.2, 0.25) is 0 Å². The van der Waals surface area contributed by atoms with Gasteiger partial charge >= 0.3 is 0 Å². The number of fused-ring (bicyclic) bond motifs is 4. The summed E-state index contributed by atoms with van der Waals surface area (Å²) in [6.07, 6.45) is 0. The SMILES string of the molecule is Cc1c2c3c(cccc3c3cc(N(c4ccccc4)c4cc(-c5ccccc5)cc(-c5ccccc5)c4F)ccc13)C(C)(C)c1cc(N(c3ccccc3)c3cc(-c4ccccc4)cc(-c4ccccc4)c3F)ccc1-2. The van der Waals surface area contributed by atoms with Crippen molar-refractivity contribution in [2.24, 2.45) is 0 Å². The van der Waals surface area contributed by atoms with Crippen LogP contribution in [0.5, 0.6) is 0 Å². The topological polar surface area (TPSA) is 6.48 Å². The number of aryl methyl sites for hydroxylation is 1. The molecule has 0 bridgehead atoms. The van der Waals surface area contributed by atoms with Crippen LogP contribution in [0.15, 0.2) is 261 Å². The molecular weight excluding hydrogens is 931 g/mol. The van der Waals surface area contributed by atoms with E-state index in [0.717, 1.165) is 89.0 Å². The second-order valence-electron chi connectivity index (χ2n) is 20.3. The van der Waals surface area contributed by atoms with Crippen molar-refractivity contribution < 1.29 is 8.78 Å². The van der Waals surface area contributed by atoms with Gasteiger partial charge < -0.3 is 9.80 Å². The molecule has 76 heavy (non-hydrogen) atoms. The summed E-state index contributed by atoms with van der Waals surface area (Å²) in [5.41, 5.74) is 16.3. The van der Waals surface area contributed by atoms with Gasteiger partial charge in [-0.15, -0.1) is 0 Å². The fraction of sp³-hybridized carbons (Fsp3) is 0.0556. The Balaban J connectivity index is 1.00. The van der Waals surface area contributed by atoms with E-state index in [1.807, 2.05) is 170 Å². The zero-order chi connectivity index (χ0) is 51.5. The molecule has 2 nitrogen and oxygen atoms in total. The van der Waals surface area contributed by atoms with Gasteiger partial charge in [-0.1, -0.05) is 202 Å². The molecule has 0 aromatic heterocycles. The Labute approximate surface area is 443 Å². The van der Waals surface area contributed by atoms with Gasteiger partial charge in [0.05, 0.1) is 11.4 Å². The van der Waals surface area contributed by atoms with Gasteiger partial charge in [-0.05, 0) is 162 Å². The highest BCUT2D eigenvalue weighted by molar-refractivity contribution is 6.19. The second-order valence-corrected chi connectivity index (χ2v) is 20.3. The van der Waals surface area contributed by atoms with E-state index < -0.39 is 5.41 Å². The lowest BCUT2D eigenvalue weighted by Crippen LogP contribution is -2.25. The lowest BCUT2D eigenvalue weighted by atomic mass is 9.67. The maximum atomic E-state index is 17.7. The molecular formula is C72H52F2N2. The van der Waals surface area contributed by atoms with Crippen molar-refractivity contribution in [3.8, 4) is 55.6 Å². The minimum atomic E-state index is -0.470. The van der Waals surface area contributed by atoms with Gasteiger partial charge in [-0.25, -0.2) is 8.78 Å². The van der Waals surface area contributed by atoms with Crippen molar-refractivity contribution in [1.29, 1.82) is 0 Å². The van der Waals surface area contributed by atoms with Crippen molar-refractivity contribution in [2.45, 2.75) is 26.2 Å². The van der Waals surface area contributed by atoms with Crippen LogP contribution in [-0.4, -0.2) is 0 Å². The normalized spacial score (nSPS) is 12.4. The third kappa shape index (κ3) is 7.84. The van der Waals surface area contributed by atoms with Crippen molar-refractivity contribution in [3.63, 3.8) is 0 Å². The van der Waals surface area contributed by atoms with E-state index in [4.69, 9.17) is 0 Å². The number of rotatable bonds is 10. The Bertz CT molecular complexity index is 4140. The van der Waals surface area contributed by atoms with Crippen LogP contribution in [0.1, 0.15) is 30.5 Å².